The molecule has 0 radical (unpaired) electrons. The van der Waals surface area contributed by atoms with E-state index in [-0.39, 0.29) is 35.5 Å². The van der Waals surface area contributed by atoms with E-state index in [0.717, 1.165) is 13.0 Å². The molecular formula is C28H52IO6-. The van der Waals surface area contributed by atoms with Gasteiger partial charge < -0.3 is 43.3 Å². The van der Waals surface area contributed by atoms with Crippen LogP contribution in [0.2, 0.25) is 0 Å². The SMILES string of the molecule is C=C(C)C(=O)O.C=C(C)C(=O)OC(C)OCCCCCCCC.C=COCCCCCCCC.[I-]. The van der Waals surface area contributed by atoms with Gasteiger partial charge in [-0.15, -0.1) is 0 Å². The van der Waals surface area contributed by atoms with Crippen LogP contribution >= 0.6 is 0 Å². The summed E-state index contributed by atoms with van der Waals surface area (Å²) in [5, 5.41) is 7.89. The van der Waals surface area contributed by atoms with Crippen LogP contribution in [0.4, 0.5) is 0 Å². The zero-order valence-corrected chi connectivity index (χ0v) is 25.2. The number of carboxylic acids is 1. The lowest BCUT2D eigenvalue weighted by atomic mass is 10.1. The van der Waals surface area contributed by atoms with Crippen LogP contribution in [0.1, 0.15) is 112 Å². The Bertz CT molecular complexity index is 522. The molecule has 1 N–H and O–H groups in total. The molecule has 0 saturated heterocycles. The average molecular weight is 612 g/mol. The molecule has 0 aliphatic heterocycles. The maximum atomic E-state index is 11.2. The second-order valence-electron chi connectivity index (χ2n) is 8.28. The highest BCUT2D eigenvalue weighted by molar-refractivity contribution is 5.87. The van der Waals surface area contributed by atoms with Crippen LogP contribution < -0.4 is 24.0 Å². The highest BCUT2D eigenvalue weighted by Gasteiger charge is 2.09. The van der Waals surface area contributed by atoms with E-state index in [4.69, 9.17) is 19.3 Å². The van der Waals surface area contributed by atoms with Crippen molar-refractivity contribution in [3.63, 3.8) is 0 Å². The molecule has 0 spiro atoms. The molecule has 208 valence electrons. The zero-order valence-electron chi connectivity index (χ0n) is 23.0. The predicted octanol–water partition coefficient (Wildman–Crippen LogP) is 4.99. The van der Waals surface area contributed by atoms with E-state index in [1.807, 2.05) is 0 Å². The third kappa shape index (κ3) is 40.1. The van der Waals surface area contributed by atoms with Crippen LogP contribution in [-0.2, 0) is 23.8 Å². The number of hydrogen-bond donors (Lipinski definition) is 1. The molecule has 0 saturated carbocycles. The zero-order chi connectivity index (χ0) is 26.6. The molecule has 35 heavy (non-hydrogen) atoms. The van der Waals surface area contributed by atoms with Gasteiger partial charge in [-0.2, -0.15) is 0 Å². The molecule has 0 aliphatic rings. The van der Waals surface area contributed by atoms with Crippen molar-refractivity contribution in [1.29, 1.82) is 0 Å². The lowest BCUT2D eigenvalue weighted by Crippen LogP contribution is -3.00. The monoisotopic (exact) mass is 611 g/mol. The number of unbranched alkanes of at least 4 members (excludes halogenated alkanes) is 10. The Morgan fingerprint density at radius 1 is 0.800 bits per heavy atom. The van der Waals surface area contributed by atoms with Crippen molar-refractivity contribution in [3.05, 3.63) is 37.1 Å². The van der Waals surface area contributed by atoms with Gasteiger partial charge in [0.2, 0.25) is 0 Å². The summed E-state index contributed by atoms with van der Waals surface area (Å²) in [5.41, 5.74) is 0.579. The molecule has 0 aromatic rings. The molecule has 7 heteroatoms. The molecule has 0 aliphatic carbocycles. The van der Waals surface area contributed by atoms with Crippen molar-refractivity contribution in [2.75, 3.05) is 13.2 Å². The van der Waals surface area contributed by atoms with E-state index in [9.17, 15) is 9.59 Å². The fourth-order valence-electron chi connectivity index (χ4n) is 2.47. The van der Waals surface area contributed by atoms with E-state index < -0.39 is 12.3 Å². The van der Waals surface area contributed by atoms with Crippen LogP contribution in [0.5, 0.6) is 0 Å². The number of rotatable bonds is 19. The molecule has 1 unspecified atom stereocenters. The number of halogens is 1. The van der Waals surface area contributed by atoms with Gasteiger partial charge >= 0.3 is 11.9 Å². The summed E-state index contributed by atoms with van der Waals surface area (Å²) < 4.78 is 15.4. The summed E-state index contributed by atoms with van der Waals surface area (Å²) in [5.74, 6) is -1.32. The minimum atomic E-state index is -0.935. The smallest absolute Gasteiger partial charge is 0.335 e. The number of ether oxygens (including phenoxy) is 3. The minimum Gasteiger partial charge on any atom is -1.00 e. The molecule has 0 rings (SSSR count). The lowest BCUT2D eigenvalue weighted by Gasteiger charge is -2.13. The highest BCUT2D eigenvalue weighted by Crippen LogP contribution is 2.07. The van der Waals surface area contributed by atoms with Gasteiger partial charge in [0, 0.05) is 11.1 Å². The van der Waals surface area contributed by atoms with E-state index in [0.29, 0.717) is 12.2 Å². The standard InChI is InChI=1S/C14H26O3.C10H20O.C4H6O2.HI/c1-5-6-7-8-9-10-11-16-13(4)17-14(15)12(2)3;1-3-5-6-7-8-9-10-11-4-2;1-3(2)4(5)6;/h13H,2,5-11H2,1,3-4H3;4H,2-3,5-10H2,1H3;1H2,2H3,(H,5,6);1H/p-1. The van der Waals surface area contributed by atoms with Gasteiger partial charge in [-0.3, -0.25) is 0 Å². The van der Waals surface area contributed by atoms with Crippen LogP contribution in [0.15, 0.2) is 37.1 Å². The fraction of sp³-hybridized carbons (Fsp3) is 0.714. The van der Waals surface area contributed by atoms with E-state index >= 15 is 0 Å². The van der Waals surface area contributed by atoms with Gasteiger partial charge in [-0.25, -0.2) is 9.59 Å². The maximum absolute atomic E-state index is 11.2. The number of carbonyl (C=O) groups excluding carboxylic acids is 1. The average Bonchev–Trinajstić information content (AvgIpc) is 2.78. The first-order chi connectivity index (χ1) is 16.1. The Morgan fingerprint density at radius 2 is 1.20 bits per heavy atom. The molecule has 0 bridgehead atoms. The molecule has 0 fully saturated rings. The summed E-state index contributed by atoms with van der Waals surface area (Å²) in [7, 11) is 0. The lowest BCUT2D eigenvalue weighted by molar-refractivity contribution is -0.170. The fourth-order valence-corrected chi connectivity index (χ4v) is 2.47. The Labute approximate surface area is 232 Å². The largest absolute Gasteiger partial charge is 1.00 e. The summed E-state index contributed by atoms with van der Waals surface area (Å²) in [6.45, 7) is 20.9. The number of aliphatic carboxylic acids is 1. The summed E-state index contributed by atoms with van der Waals surface area (Å²) >= 11 is 0. The first-order valence-corrected chi connectivity index (χ1v) is 12.7. The Kier molecular flexibility index (Phi) is 38.1. The molecule has 0 heterocycles. The minimum absolute atomic E-state index is 0. The first kappa shape index (κ1) is 40.8. The summed E-state index contributed by atoms with van der Waals surface area (Å²) in [4.78, 5) is 20.8. The molecule has 1 atom stereocenters. The van der Waals surface area contributed by atoms with E-state index in [1.54, 1.807) is 13.8 Å². The van der Waals surface area contributed by atoms with Gasteiger partial charge in [0.1, 0.15) is 0 Å². The summed E-state index contributed by atoms with van der Waals surface area (Å²) in [6.07, 6.45) is 16.3. The van der Waals surface area contributed by atoms with Gasteiger partial charge in [0.15, 0.2) is 6.29 Å². The van der Waals surface area contributed by atoms with Crippen molar-refractivity contribution in [3.8, 4) is 0 Å². The third-order valence-electron chi connectivity index (χ3n) is 4.57. The third-order valence-corrected chi connectivity index (χ3v) is 4.57. The Balaban J connectivity index is -0.000000229. The molecule has 6 nitrogen and oxygen atoms in total. The quantitative estimate of drug-likeness (QED) is 0.0554. The van der Waals surface area contributed by atoms with Crippen LogP contribution in [0.3, 0.4) is 0 Å². The van der Waals surface area contributed by atoms with E-state index in [1.165, 1.54) is 83.8 Å². The van der Waals surface area contributed by atoms with Crippen molar-refractivity contribution < 1.29 is 52.9 Å². The summed E-state index contributed by atoms with van der Waals surface area (Å²) in [6, 6.07) is 0. The van der Waals surface area contributed by atoms with Crippen LogP contribution in [-0.4, -0.2) is 36.5 Å². The normalized spacial score (nSPS) is 10.2. The first-order valence-electron chi connectivity index (χ1n) is 12.7. The Morgan fingerprint density at radius 3 is 1.57 bits per heavy atom. The van der Waals surface area contributed by atoms with Crippen LogP contribution in [0, 0.1) is 0 Å². The van der Waals surface area contributed by atoms with Crippen molar-refractivity contribution in [2.45, 2.75) is 118 Å². The molecule has 0 aromatic carbocycles. The highest BCUT2D eigenvalue weighted by atomic mass is 127. The molecule has 0 amide bonds. The van der Waals surface area contributed by atoms with Crippen LogP contribution in [0.25, 0.3) is 0 Å². The number of hydrogen-bond acceptors (Lipinski definition) is 5. The second-order valence-corrected chi connectivity index (χ2v) is 8.28. The molecule has 0 aromatic heterocycles. The van der Waals surface area contributed by atoms with Gasteiger partial charge in [0.25, 0.3) is 0 Å². The predicted molar refractivity (Wildman–Crippen MR) is 142 cm³/mol. The molecular weight excluding hydrogens is 559 g/mol. The van der Waals surface area contributed by atoms with E-state index in [2.05, 4.69) is 33.6 Å². The van der Waals surface area contributed by atoms with Crippen molar-refractivity contribution in [2.24, 2.45) is 0 Å². The number of carboxylic acid groups (broad SMARTS) is 1. The van der Waals surface area contributed by atoms with Gasteiger partial charge in [0.05, 0.1) is 19.5 Å². The number of esters is 1. The van der Waals surface area contributed by atoms with Crippen molar-refractivity contribution >= 4 is 11.9 Å². The maximum Gasteiger partial charge on any atom is 0.335 e. The van der Waals surface area contributed by atoms with Crippen molar-refractivity contribution in [1.82, 2.24) is 0 Å². The van der Waals surface area contributed by atoms with Gasteiger partial charge in [-0.1, -0.05) is 97.8 Å². The second kappa shape index (κ2) is 32.7. The topological polar surface area (TPSA) is 82.1 Å². The van der Waals surface area contributed by atoms with Gasteiger partial charge in [-0.05, 0) is 33.6 Å². The number of carbonyl (C=O) groups is 2. The Hall–Kier alpha value is -1.35.